The van der Waals surface area contributed by atoms with Gasteiger partial charge in [0.25, 0.3) is 0 Å². The molecule has 212 valence electrons. The molecule has 0 spiro atoms. The summed E-state index contributed by atoms with van der Waals surface area (Å²) in [7, 11) is 0. The molecule has 5 unspecified atom stereocenters. The Balaban J connectivity index is 0.00000353. The first-order valence-corrected chi connectivity index (χ1v) is 14.2. The fourth-order valence-corrected chi connectivity index (χ4v) is 7.01. The van der Waals surface area contributed by atoms with Gasteiger partial charge >= 0.3 is 5.97 Å². The van der Waals surface area contributed by atoms with Crippen LogP contribution in [0.1, 0.15) is 69.3 Å². The van der Waals surface area contributed by atoms with Gasteiger partial charge in [0.2, 0.25) is 0 Å². The second-order valence-electron chi connectivity index (χ2n) is 11.4. The highest BCUT2D eigenvalue weighted by Crippen LogP contribution is 2.35. The zero-order chi connectivity index (χ0) is 27.1. The van der Waals surface area contributed by atoms with Crippen LogP contribution in [-0.2, 0) is 4.79 Å². The fraction of sp³-hybridized carbons (Fsp3) is 0.586. The number of likely N-dealkylation sites (tertiary alicyclic amines) is 1. The van der Waals surface area contributed by atoms with Gasteiger partial charge in [-0.05, 0) is 81.7 Å². The maximum atomic E-state index is 11.3. The Kier molecular flexibility index (Phi) is 9.08. The molecule has 2 aliphatic heterocycles. The number of anilines is 1. The van der Waals surface area contributed by atoms with Crippen LogP contribution in [0.2, 0.25) is 5.02 Å². The summed E-state index contributed by atoms with van der Waals surface area (Å²) in [4.78, 5) is 26.2. The first kappa shape index (κ1) is 29.6. The van der Waals surface area contributed by atoms with E-state index in [0.717, 1.165) is 77.7 Å². The number of fused-ring (bicyclic) bond motifs is 1. The van der Waals surface area contributed by atoms with E-state index in [0.29, 0.717) is 18.0 Å². The van der Waals surface area contributed by atoms with E-state index in [-0.39, 0.29) is 30.8 Å². The van der Waals surface area contributed by atoms with E-state index < -0.39 is 5.97 Å². The molecule has 0 aliphatic carbocycles. The van der Waals surface area contributed by atoms with Crippen molar-refractivity contribution in [1.82, 2.24) is 24.6 Å². The quantitative estimate of drug-likeness (QED) is 0.374. The largest absolute Gasteiger partial charge is 0.481 e. The van der Waals surface area contributed by atoms with Crippen molar-refractivity contribution in [3.8, 4) is 0 Å². The summed E-state index contributed by atoms with van der Waals surface area (Å²) < 4.78 is 1.99. The number of nitrogens with zero attached hydrogens (tertiary/aromatic N) is 6. The smallest absolute Gasteiger partial charge is 0.303 e. The number of aromatic nitrogens is 4. The molecule has 2 aliphatic rings. The van der Waals surface area contributed by atoms with Crippen molar-refractivity contribution in [3.63, 3.8) is 0 Å². The molecule has 5 atom stereocenters. The number of carboxylic acids is 1. The Morgan fingerprint density at radius 3 is 2.67 bits per heavy atom. The molecule has 2 saturated heterocycles. The lowest BCUT2D eigenvalue weighted by atomic mass is 9.89. The summed E-state index contributed by atoms with van der Waals surface area (Å²) in [6.45, 7) is 13.5. The van der Waals surface area contributed by atoms with Crippen molar-refractivity contribution >= 4 is 47.0 Å². The molecule has 5 rings (SSSR count). The third-order valence-electron chi connectivity index (χ3n) is 8.71. The standard InChI is InChI=1S/C29H39ClN6O2.ClH/c1-17-13-22(30)8-9-23(17)21(5)36-29-28(20(4)33-36)31-15-26(32-29)34-12-10-25(19(3)16-34)35-11-6-7-24(35)18(2)14-27(37)38;/h8-9,13,15,18-19,21,24-25H,6-7,10-12,14,16H2,1-5H3,(H,37,38);1H. The molecule has 1 N–H and O–H groups in total. The minimum absolute atomic E-state index is 0. The van der Waals surface area contributed by atoms with E-state index in [1.807, 2.05) is 29.9 Å². The maximum absolute atomic E-state index is 11.3. The SMILES string of the molecule is Cc1cc(Cl)ccc1C(C)n1nc(C)c2ncc(N3CCC(N4CCCC4C(C)CC(=O)O)C(C)C3)nc21.Cl. The molecule has 2 aromatic heterocycles. The topological polar surface area (TPSA) is 87.4 Å². The average Bonchev–Trinajstić information content (AvgIpc) is 3.48. The normalized spacial score (nSPS) is 23.5. The lowest BCUT2D eigenvalue weighted by Crippen LogP contribution is -2.53. The second-order valence-corrected chi connectivity index (χ2v) is 11.8. The van der Waals surface area contributed by atoms with Gasteiger partial charge in [0, 0.05) is 36.6 Å². The predicted octanol–water partition coefficient (Wildman–Crippen LogP) is 5.92. The van der Waals surface area contributed by atoms with Gasteiger partial charge in [-0.1, -0.05) is 31.5 Å². The minimum atomic E-state index is -0.698. The Bertz CT molecular complexity index is 1330. The molecular weight excluding hydrogens is 535 g/mol. The van der Waals surface area contributed by atoms with Crippen LogP contribution in [0.5, 0.6) is 0 Å². The number of hydrogen-bond acceptors (Lipinski definition) is 6. The maximum Gasteiger partial charge on any atom is 0.303 e. The van der Waals surface area contributed by atoms with Gasteiger partial charge < -0.3 is 10.0 Å². The van der Waals surface area contributed by atoms with E-state index in [9.17, 15) is 9.90 Å². The van der Waals surface area contributed by atoms with Gasteiger partial charge in [0.15, 0.2) is 5.65 Å². The Labute approximate surface area is 242 Å². The molecule has 1 aromatic carbocycles. The van der Waals surface area contributed by atoms with Gasteiger partial charge in [-0.3, -0.25) is 9.69 Å². The summed E-state index contributed by atoms with van der Waals surface area (Å²) in [6, 6.07) is 6.80. The molecule has 0 radical (unpaired) electrons. The molecule has 3 aromatic rings. The summed E-state index contributed by atoms with van der Waals surface area (Å²) >= 11 is 6.20. The van der Waals surface area contributed by atoms with E-state index >= 15 is 0 Å². The van der Waals surface area contributed by atoms with Crippen molar-refractivity contribution in [2.45, 2.75) is 78.4 Å². The van der Waals surface area contributed by atoms with Crippen molar-refractivity contribution in [2.24, 2.45) is 11.8 Å². The number of piperidine rings is 1. The van der Waals surface area contributed by atoms with Crippen LogP contribution >= 0.6 is 24.0 Å². The third kappa shape index (κ3) is 5.88. The molecule has 0 bridgehead atoms. The Morgan fingerprint density at radius 1 is 1.21 bits per heavy atom. The number of benzene rings is 1. The summed E-state index contributed by atoms with van der Waals surface area (Å²) in [6.07, 6.45) is 5.41. The average molecular weight is 576 g/mol. The van der Waals surface area contributed by atoms with Crippen molar-refractivity contribution in [3.05, 3.63) is 46.2 Å². The van der Waals surface area contributed by atoms with Crippen molar-refractivity contribution < 1.29 is 9.90 Å². The predicted molar refractivity (Wildman–Crippen MR) is 158 cm³/mol. The first-order chi connectivity index (χ1) is 18.1. The van der Waals surface area contributed by atoms with Crippen molar-refractivity contribution in [2.75, 3.05) is 24.5 Å². The molecule has 0 amide bonds. The summed E-state index contributed by atoms with van der Waals surface area (Å²) in [5.74, 6) is 0.807. The van der Waals surface area contributed by atoms with Gasteiger partial charge in [-0.2, -0.15) is 5.10 Å². The molecule has 4 heterocycles. The van der Waals surface area contributed by atoms with E-state index in [1.165, 1.54) is 0 Å². The number of carbonyl (C=O) groups is 1. The zero-order valence-corrected chi connectivity index (χ0v) is 25.0. The lowest BCUT2D eigenvalue weighted by molar-refractivity contribution is -0.138. The Morgan fingerprint density at radius 2 is 1.97 bits per heavy atom. The number of aliphatic carboxylic acids is 1. The van der Waals surface area contributed by atoms with Gasteiger partial charge in [0.05, 0.1) is 17.9 Å². The monoisotopic (exact) mass is 574 g/mol. The highest BCUT2D eigenvalue weighted by Gasteiger charge is 2.39. The second kappa shape index (κ2) is 12.0. The van der Waals surface area contributed by atoms with Crippen LogP contribution in [0.15, 0.2) is 24.4 Å². The molecule has 0 saturated carbocycles. The van der Waals surface area contributed by atoms with E-state index in [2.05, 4.69) is 43.6 Å². The highest BCUT2D eigenvalue weighted by molar-refractivity contribution is 6.30. The van der Waals surface area contributed by atoms with Crippen LogP contribution in [0.4, 0.5) is 5.82 Å². The third-order valence-corrected chi connectivity index (χ3v) is 8.95. The summed E-state index contributed by atoms with van der Waals surface area (Å²) in [5.41, 5.74) is 4.81. The molecule has 10 heteroatoms. The molecular formula is C29H40Cl2N6O2. The highest BCUT2D eigenvalue weighted by atomic mass is 35.5. The zero-order valence-electron chi connectivity index (χ0n) is 23.5. The van der Waals surface area contributed by atoms with Crippen LogP contribution in [0.3, 0.4) is 0 Å². The van der Waals surface area contributed by atoms with E-state index in [4.69, 9.17) is 26.7 Å². The van der Waals surface area contributed by atoms with Crippen LogP contribution in [0, 0.1) is 25.7 Å². The number of rotatable bonds is 7. The number of hydrogen-bond donors (Lipinski definition) is 1. The van der Waals surface area contributed by atoms with Gasteiger partial charge in [-0.25, -0.2) is 14.6 Å². The van der Waals surface area contributed by atoms with Crippen LogP contribution in [0.25, 0.3) is 11.2 Å². The van der Waals surface area contributed by atoms with Crippen molar-refractivity contribution in [1.29, 1.82) is 0 Å². The number of halogens is 2. The molecule has 8 nitrogen and oxygen atoms in total. The van der Waals surface area contributed by atoms with Crippen LogP contribution < -0.4 is 4.90 Å². The van der Waals surface area contributed by atoms with Crippen LogP contribution in [-0.4, -0.2) is 67.4 Å². The Hall–Kier alpha value is -2.42. The van der Waals surface area contributed by atoms with E-state index in [1.54, 1.807) is 0 Å². The van der Waals surface area contributed by atoms with Gasteiger partial charge in [-0.15, -0.1) is 12.4 Å². The first-order valence-electron chi connectivity index (χ1n) is 13.8. The summed E-state index contributed by atoms with van der Waals surface area (Å²) in [5, 5.41) is 14.9. The minimum Gasteiger partial charge on any atom is -0.481 e. The van der Waals surface area contributed by atoms with Gasteiger partial charge in [0.1, 0.15) is 11.3 Å². The molecule has 39 heavy (non-hydrogen) atoms. The molecule has 2 fully saturated rings. The lowest BCUT2D eigenvalue weighted by Gasteiger charge is -2.44. The number of carboxylic acid groups (broad SMARTS) is 1. The number of aryl methyl sites for hydroxylation is 2. The fourth-order valence-electron chi connectivity index (χ4n) is 6.79.